The van der Waals surface area contributed by atoms with E-state index in [1.807, 2.05) is 43.3 Å². The number of piperidine rings is 1. The summed E-state index contributed by atoms with van der Waals surface area (Å²) in [6.45, 7) is 6.54. The van der Waals surface area contributed by atoms with E-state index in [4.69, 9.17) is 4.52 Å². The molecule has 0 atom stereocenters. The molecule has 1 aromatic heterocycles. The maximum atomic E-state index is 12.3. The van der Waals surface area contributed by atoms with Crippen LogP contribution in [-0.2, 0) is 11.2 Å². The van der Waals surface area contributed by atoms with Gasteiger partial charge in [0.05, 0.1) is 0 Å². The number of hydrogen-bond donors (Lipinski definition) is 1. The van der Waals surface area contributed by atoms with E-state index in [-0.39, 0.29) is 5.91 Å². The van der Waals surface area contributed by atoms with Crippen molar-refractivity contribution in [3.05, 3.63) is 60.0 Å². The molecule has 1 aliphatic heterocycles. The molecule has 0 radical (unpaired) electrons. The largest absolute Gasteiger partial charge is 0.372 e. The Kier molecular flexibility index (Phi) is 6.12. The number of rotatable bonds is 6. The number of nitrogens with one attached hydrogen (secondary N) is 1. The predicted octanol–water partition coefficient (Wildman–Crippen LogP) is 4.85. The average Bonchev–Trinajstić information content (AvgIpc) is 3.23. The molecular weight excluding hydrogens is 376 g/mol. The smallest absolute Gasteiger partial charge is 0.227 e. The Balaban J connectivity index is 1.27. The Morgan fingerprint density at radius 2 is 1.80 bits per heavy atom. The summed E-state index contributed by atoms with van der Waals surface area (Å²) in [4.78, 5) is 19.1. The Morgan fingerprint density at radius 1 is 1.10 bits per heavy atom. The number of hydrogen-bond acceptors (Lipinski definition) is 5. The molecule has 4 rings (SSSR count). The van der Waals surface area contributed by atoms with Gasteiger partial charge in [0.1, 0.15) is 0 Å². The van der Waals surface area contributed by atoms with Crippen LogP contribution in [0, 0.1) is 12.8 Å². The Labute approximate surface area is 177 Å². The zero-order valence-corrected chi connectivity index (χ0v) is 17.6. The summed E-state index contributed by atoms with van der Waals surface area (Å²) >= 11 is 0. The molecule has 30 heavy (non-hydrogen) atoms. The first-order valence-electron chi connectivity index (χ1n) is 10.6. The van der Waals surface area contributed by atoms with Crippen molar-refractivity contribution in [3.63, 3.8) is 0 Å². The summed E-state index contributed by atoms with van der Waals surface area (Å²) in [6.07, 6.45) is 3.18. The minimum atomic E-state index is -0.0652. The molecule has 1 N–H and O–H groups in total. The van der Waals surface area contributed by atoms with Crippen molar-refractivity contribution in [1.29, 1.82) is 0 Å². The lowest BCUT2D eigenvalue weighted by atomic mass is 9.99. The lowest BCUT2D eigenvalue weighted by Crippen LogP contribution is -2.32. The third kappa shape index (κ3) is 5.06. The van der Waals surface area contributed by atoms with E-state index in [1.54, 1.807) is 0 Å². The molecule has 3 aromatic rings. The van der Waals surface area contributed by atoms with Crippen LogP contribution in [0.2, 0.25) is 0 Å². The number of anilines is 2. The fourth-order valence-corrected chi connectivity index (χ4v) is 3.64. The van der Waals surface area contributed by atoms with Gasteiger partial charge < -0.3 is 14.7 Å². The van der Waals surface area contributed by atoms with Crippen molar-refractivity contribution >= 4 is 17.3 Å². The predicted molar refractivity (Wildman–Crippen MR) is 118 cm³/mol. The van der Waals surface area contributed by atoms with Crippen molar-refractivity contribution in [2.45, 2.75) is 39.5 Å². The number of aryl methyl sites for hydroxylation is 2. The molecule has 0 bridgehead atoms. The van der Waals surface area contributed by atoms with Crippen molar-refractivity contribution in [2.75, 3.05) is 23.3 Å². The normalized spacial score (nSPS) is 14.7. The number of aromatic nitrogens is 2. The molecule has 1 saturated heterocycles. The van der Waals surface area contributed by atoms with E-state index in [9.17, 15) is 4.79 Å². The SMILES string of the molecule is Cc1ccc(-c2noc(CCC(=O)Nc3ccc(N4CCC(C)CC4)cc3)n2)cc1. The highest BCUT2D eigenvalue weighted by Crippen LogP contribution is 2.24. The standard InChI is InChI=1S/C24H28N4O2/c1-17-3-5-19(6-4-17)24-26-23(30-27-24)12-11-22(29)25-20-7-9-21(10-8-20)28-15-13-18(2)14-16-28/h3-10,18H,11-16H2,1-2H3,(H,25,29). The van der Waals surface area contributed by atoms with E-state index in [0.717, 1.165) is 30.3 Å². The maximum absolute atomic E-state index is 12.3. The molecule has 6 heteroatoms. The Bertz CT molecular complexity index is 971. The summed E-state index contributed by atoms with van der Waals surface area (Å²) in [7, 11) is 0. The van der Waals surface area contributed by atoms with Gasteiger partial charge >= 0.3 is 0 Å². The molecule has 1 fully saturated rings. The van der Waals surface area contributed by atoms with Gasteiger partial charge in [-0.2, -0.15) is 4.98 Å². The summed E-state index contributed by atoms with van der Waals surface area (Å²) in [5.41, 5.74) is 4.11. The zero-order chi connectivity index (χ0) is 20.9. The van der Waals surface area contributed by atoms with Crippen LogP contribution in [-0.4, -0.2) is 29.1 Å². The first-order valence-corrected chi connectivity index (χ1v) is 10.6. The quantitative estimate of drug-likeness (QED) is 0.636. The number of nitrogens with zero attached hydrogens (tertiary/aromatic N) is 3. The van der Waals surface area contributed by atoms with Gasteiger partial charge in [0.15, 0.2) is 0 Å². The molecule has 0 aliphatic carbocycles. The third-order valence-corrected chi connectivity index (χ3v) is 5.64. The van der Waals surface area contributed by atoms with Crippen molar-refractivity contribution in [1.82, 2.24) is 10.1 Å². The lowest BCUT2D eigenvalue weighted by molar-refractivity contribution is -0.116. The second kappa shape index (κ2) is 9.11. The second-order valence-electron chi connectivity index (χ2n) is 8.14. The molecule has 0 spiro atoms. The number of benzene rings is 2. The molecule has 2 heterocycles. The fourth-order valence-electron chi connectivity index (χ4n) is 3.64. The van der Waals surface area contributed by atoms with E-state index in [0.29, 0.717) is 24.6 Å². The minimum absolute atomic E-state index is 0.0652. The van der Waals surface area contributed by atoms with Gasteiger partial charge in [-0.15, -0.1) is 0 Å². The van der Waals surface area contributed by atoms with E-state index in [1.165, 1.54) is 24.1 Å². The van der Waals surface area contributed by atoms with Crippen molar-refractivity contribution in [3.8, 4) is 11.4 Å². The van der Waals surface area contributed by atoms with Crippen molar-refractivity contribution < 1.29 is 9.32 Å². The van der Waals surface area contributed by atoms with Crippen LogP contribution < -0.4 is 10.2 Å². The highest BCUT2D eigenvalue weighted by atomic mass is 16.5. The third-order valence-electron chi connectivity index (χ3n) is 5.64. The van der Waals surface area contributed by atoms with Gasteiger partial charge in [-0.1, -0.05) is 41.9 Å². The zero-order valence-electron chi connectivity index (χ0n) is 17.6. The summed E-state index contributed by atoms with van der Waals surface area (Å²) in [5, 5.41) is 6.96. The molecule has 1 amide bonds. The Morgan fingerprint density at radius 3 is 2.50 bits per heavy atom. The average molecular weight is 405 g/mol. The molecular formula is C24H28N4O2. The van der Waals surface area contributed by atoms with Crippen LogP contribution in [0.25, 0.3) is 11.4 Å². The van der Waals surface area contributed by atoms with Gasteiger partial charge in [0.25, 0.3) is 0 Å². The highest BCUT2D eigenvalue weighted by molar-refractivity contribution is 5.91. The maximum Gasteiger partial charge on any atom is 0.227 e. The van der Waals surface area contributed by atoms with Crippen molar-refractivity contribution in [2.24, 2.45) is 5.92 Å². The number of amides is 1. The first kappa shape index (κ1) is 20.1. The molecule has 156 valence electrons. The molecule has 2 aromatic carbocycles. The summed E-state index contributed by atoms with van der Waals surface area (Å²) < 4.78 is 5.29. The first-order chi connectivity index (χ1) is 14.6. The van der Waals surface area contributed by atoms with Gasteiger partial charge in [0.2, 0.25) is 17.6 Å². The lowest BCUT2D eigenvalue weighted by Gasteiger charge is -2.32. The molecule has 6 nitrogen and oxygen atoms in total. The van der Waals surface area contributed by atoms with Gasteiger partial charge in [-0.25, -0.2) is 0 Å². The van der Waals surface area contributed by atoms with Gasteiger partial charge in [-0.05, 0) is 49.9 Å². The van der Waals surface area contributed by atoms with Gasteiger partial charge in [0, 0.05) is 42.9 Å². The second-order valence-corrected chi connectivity index (χ2v) is 8.14. The highest BCUT2D eigenvalue weighted by Gasteiger charge is 2.16. The summed E-state index contributed by atoms with van der Waals surface area (Å²) in [6, 6.07) is 16.0. The topological polar surface area (TPSA) is 71.3 Å². The van der Waals surface area contributed by atoms with E-state index >= 15 is 0 Å². The molecule has 0 unspecified atom stereocenters. The number of carbonyl (C=O) groups excluding carboxylic acids is 1. The summed E-state index contributed by atoms with van der Waals surface area (Å²) in [5.74, 6) is 1.76. The minimum Gasteiger partial charge on any atom is -0.372 e. The molecule has 0 saturated carbocycles. The monoisotopic (exact) mass is 404 g/mol. The van der Waals surface area contributed by atoms with E-state index in [2.05, 4.69) is 39.4 Å². The van der Waals surface area contributed by atoms with Crippen LogP contribution in [0.15, 0.2) is 53.1 Å². The van der Waals surface area contributed by atoms with Gasteiger partial charge in [-0.3, -0.25) is 4.79 Å². The molecule has 1 aliphatic rings. The van der Waals surface area contributed by atoms with Crippen LogP contribution in [0.1, 0.15) is 37.6 Å². The van der Waals surface area contributed by atoms with Crippen LogP contribution >= 0.6 is 0 Å². The Hall–Kier alpha value is -3.15. The van der Waals surface area contributed by atoms with E-state index < -0.39 is 0 Å². The van der Waals surface area contributed by atoms with Crippen LogP contribution in [0.4, 0.5) is 11.4 Å². The van der Waals surface area contributed by atoms with Crippen LogP contribution in [0.3, 0.4) is 0 Å². The van der Waals surface area contributed by atoms with Crippen LogP contribution in [0.5, 0.6) is 0 Å². The number of carbonyl (C=O) groups is 1. The fraction of sp³-hybridized carbons (Fsp3) is 0.375.